The summed E-state index contributed by atoms with van der Waals surface area (Å²) >= 11 is 3.40. The molecule has 2 aliphatic rings. The number of rotatable bonds is 7. The number of ether oxygens (including phenoxy) is 1. The topological polar surface area (TPSA) is 66.1 Å². The quantitative estimate of drug-likeness (QED) is 0.194. The number of anilines is 3. The van der Waals surface area contributed by atoms with Gasteiger partial charge in [0.1, 0.15) is 18.2 Å². The fourth-order valence-electron chi connectivity index (χ4n) is 4.59. The van der Waals surface area contributed by atoms with Gasteiger partial charge in [-0.05, 0) is 60.0 Å². The second kappa shape index (κ2) is 10.9. The number of hydrogen-bond acceptors (Lipinski definition) is 7. The average Bonchev–Trinajstić information content (AvgIpc) is 3.48. The predicted octanol–water partition coefficient (Wildman–Crippen LogP) is 6.19. The van der Waals surface area contributed by atoms with Crippen molar-refractivity contribution in [3.63, 3.8) is 0 Å². The molecule has 1 aromatic heterocycles. The Labute approximate surface area is 225 Å². The van der Waals surface area contributed by atoms with Crippen LogP contribution >= 0.6 is 23.1 Å². The molecular weight excluding hydrogens is 498 g/mol. The van der Waals surface area contributed by atoms with Crippen molar-refractivity contribution < 1.29 is 4.74 Å². The third-order valence-corrected chi connectivity index (χ3v) is 8.66. The first-order valence-electron chi connectivity index (χ1n) is 12.5. The highest BCUT2D eigenvalue weighted by Gasteiger charge is 2.18. The number of hydrogen-bond donors (Lipinski definition) is 2. The summed E-state index contributed by atoms with van der Waals surface area (Å²) in [5.41, 5.74) is 10.5. The Morgan fingerprint density at radius 3 is 2.51 bits per heavy atom. The van der Waals surface area contributed by atoms with Gasteiger partial charge in [0, 0.05) is 54.3 Å². The van der Waals surface area contributed by atoms with Crippen molar-refractivity contribution in [2.24, 2.45) is 10.7 Å². The Morgan fingerprint density at radius 2 is 1.70 bits per heavy atom. The third-order valence-electron chi connectivity index (χ3n) is 6.61. The maximum atomic E-state index is 6.12. The number of nitrogens with one attached hydrogen (secondary N) is 1. The Bertz CT molecular complexity index is 1380. The molecule has 0 spiro atoms. The molecule has 0 radical (unpaired) electrons. The zero-order chi connectivity index (χ0) is 25.0. The maximum absolute atomic E-state index is 6.12. The van der Waals surface area contributed by atoms with Crippen LogP contribution in [0.3, 0.4) is 0 Å². The lowest BCUT2D eigenvalue weighted by molar-refractivity contribution is 0.200. The Hall–Kier alpha value is -3.46. The first-order chi connectivity index (χ1) is 18.2. The van der Waals surface area contributed by atoms with Crippen LogP contribution in [0.1, 0.15) is 4.88 Å². The first kappa shape index (κ1) is 23.9. The van der Waals surface area contributed by atoms with E-state index >= 15 is 0 Å². The van der Waals surface area contributed by atoms with Crippen molar-refractivity contribution in [1.82, 2.24) is 4.90 Å². The number of thiophene rings is 1. The first-order valence-corrected chi connectivity index (χ1v) is 14.2. The fraction of sp³-hybridized carbons (Fsp3) is 0.207. The van der Waals surface area contributed by atoms with Crippen LogP contribution < -0.4 is 20.7 Å². The van der Waals surface area contributed by atoms with Gasteiger partial charge in [-0.15, -0.1) is 11.3 Å². The summed E-state index contributed by atoms with van der Waals surface area (Å²) in [5, 5.41) is 5.54. The van der Waals surface area contributed by atoms with Gasteiger partial charge in [-0.1, -0.05) is 30.0 Å². The Kier molecular flexibility index (Phi) is 7.03. The highest BCUT2D eigenvalue weighted by Crippen LogP contribution is 2.45. The summed E-state index contributed by atoms with van der Waals surface area (Å²) < 4.78 is 6.12. The number of benzene rings is 3. The molecule has 0 aliphatic carbocycles. The van der Waals surface area contributed by atoms with Crippen molar-refractivity contribution in [2.45, 2.75) is 9.79 Å². The van der Waals surface area contributed by atoms with Gasteiger partial charge in [-0.3, -0.25) is 4.90 Å². The number of amidine groups is 1. The van der Waals surface area contributed by atoms with E-state index in [0.717, 1.165) is 60.4 Å². The molecule has 3 heterocycles. The lowest BCUT2D eigenvalue weighted by Gasteiger charge is -2.36. The summed E-state index contributed by atoms with van der Waals surface area (Å²) in [6, 6.07) is 27.1. The van der Waals surface area contributed by atoms with Crippen molar-refractivity contribution in [3.05, 3.63) is 89.1 Å². The van der Waals surface area contributed by atoms with E-state index < -0.39 is 0 Å². The lowest BCUT2D eigenvalue weighted by atomic mass is 10.2. The highest BCUT2D eigenvalue weighted by molar-refractivity contribution is 7.99. The molecule has 188 valence electrons. The second-order valence-corrected chi connectivity index (χ2v) is 11.1. The molecule has 0 bridgehead atoms. The molecule has 37 heavy (non-hydrogen) atoms. The van der Waals surface area contributed by atoms with E-state index in [2.05, 4.69) is 74.7 Å². The molecule has 0 atom stereocenters. The van der Waals surface area contributed by atoms with Gasteiger partial charge in [0.2, 0.25) is 0 Å². The molecule has 3 N–H and O–H groups in total. The minimum Gasteiger partial charge on any atom is -0.492 e. The van der Waals surface area contributed by atoms with Gasteiger partial charge < -0.3 is 20.7 Å². The summed E-state index contributed by atoms with van der Waals surface area (Å²) in [5.74, 6) is 1.47. The van der Waals surface area contributed by atoms with Crippen LogP contribution in [0.2, 0.25) is 0 Å². The van der Waals surface area contributed by atoms with Crippen LogP contribution in [0.5, 0.6) is 5.75 Å². The Morgan fingerprint density at radius 1 is 0.892 bits per heavy atom. The molecule has 1 fully saturated rings. The normalized spacial score (nSPS) is 15.6. The van der Waals surface area contributed by atoms with Crippen molar-refractivity contribution in [2.75, 3.05) is 49.5 Å². The predicted molar refractivity (Wildman–Crippen MR) is 156 cm³/mol. The molecule has 0 amide bonds. The molecule has 4 aromatic rings. The number of para-hydroxylation sites is 1. The van der Waals surface area contributed by atoms with E-state index in [1.807, 2.05) is 29.6 Å². The molecular formula is C29H29N5OS2. The van der Waals surface area contributed by atoms with E-state index in [0.29, 0.717) is 12.4 Å². The highest BCUT2D eigenvalue weighted by atomic mass is 32.2. The molecule has 2 aliphatic heterocycles. The van der Waals surface area contributed by atoms with Crippen LogP contribution in [-0.4, -0.2) is 50.1 Å². The van der Waals surface area contributed by atoms with Gasteiger partial charge in [0.15, 0.2) is 0 Å². The zero-order valence-corrected chi connectivity index (χ0v) is 22.1. The maximum Gasteiger partial charge on any atom is 0.141 e. The van der Waals surface area contributed by atoms with Gasteiger partial charge >= 0.3 is 0 Å². The largest absolute Gasteiger partial charge is 0.492 e. The summed E-state index contributed by atoms with van der Waals surface area (Å²) in [6.07, 6.45) is 0. The number of aliphatic imine (C=N–C) groups is 1. The van der Waals surface area contributed by atoms with E-state index in [1.165, 1.54) is 15.5 Å². The van der Waals surface area contributed by atoms with Gasteiger partial charge in [0.05, 0.1) is 21.9 Å². The minimum absolute atomic E-state index is 0.564. The molecule has 0 unspecified atom stereocenters. The van der Waals surface area contributed by atoms with Crippen LogP contribution in [0.25, 0.3) is 0 Å². The van der Waals surface area contributed by atoms with Crippen LogP contribution in [0, 0.1) is 0 Å². The Balaban J connectivity index is 0.969. The minimum atomic E-state index is 0.564. The number of fused-ring (bicyclic) bond motifs is 2. The summed E-state index contributed by atoms with van der Waals surface area (Å²) in [6.45, 7) is 5.65. The zero-order valence-electron chi connectivity index (χ0n) is 20.5. The number of piperazine rings is 1. The molecule has 1 saturated heterocycles. The van der Waals surface area contributed by atoms with Gasteiger partial charge in [-0.2, -0.15) is 0 Å². The number of nitrogens with zero attached hydrogens (tertiary/aromatic N) is 3. The van der Waals surface area contributed by atoms with Crippen LogP contribution in [-0.2, 0) is 0 Å². The van der Waals surface area contributed by atoms with Crippen LogP contribution in [0.4, 0.5) is 22.7 Å². The van der Waals surface area contributed by atoms with E-state index in [-0.39, 0.29) is 0 Å². The summed E-state index contributed by atoms with van der Waals surface area (Å²) in [7, 11) is 0. The fourth-order valence-corrected chi connectivity index (χ4v) is 6.18. The smallest absolute Gasteiger partial charge is 0.141 e. The SMILES string of the molecule is NC(=Nc1ccc(N2CCN(CCOc3ccc4c(c3)Nc3ccccc3S4)CC2)cc1)c1cccs1. The van der Waals surface area contributed by atoms with Gasteiger partial charge in [-0.25, -0.2) is 4.99 Å². The molecule has 0 saturated carbocycles. The molecule has 6 rings (SSSR count). The van der Waals surface area contributed by atoms with E-state index in [1.54, 1.807) is 23.1 Å². The average molecular weight is 528 g/mol. The van der Waals surface area contributed by atoms with Crippen LogP contribution in [0.15, 0.2) is 99.0 Å². The lowest BCUT2D eigenvalue weighted by Crippen LogP contribution is -2.47. The summed E-state index contributed by atoms with van der Waals surface area (Å²) in [4.78, 5) is 12.9. The molecule has 3 aromatic carbocycles. The monoisotopic (exact) mass is 527 g/mol. The van der Waals surface area contributed by atoms with Crippen molar-refractivity contribution in [3.8, 4) is 5.75 Å². The molecule has 8 heteroatoms. The number of nitrogens with two attached hydrogens (primary N) is 1. The van der Waals surface area contributed by atoms with Crippen molar-refractivity contribution >= 4 is 51.7 Å². The third kappa shape index (κ3) is 5.61. The second-order valence-electron chi connectivity index (χ2n) is 9.05. The van der Waals surface area contributed by atoms with Gasteiger partial charge in [0.25, 0.3) is 0 Å². The van der Waals surface area contributed by atoms with Crippen molar-refractivity contribution in [1.29, 1.82) is 0 Å². The van der Waals surface area contributed by atoms with E-state index in [4.69, 9.17) is 10.5 Å². The molecule has 6 nitrogen and oxygen atoms in total. The standard InChI is InChI=1S/C29H29N5OS2/c30-29(28-6-3-19-36-28)31-21-7-9-22(10-8-21)34-15-13-33(14-16-34)17-18-35-23-11-12-27-25(20-23)32-24-4-1-2-5-26(24)37-27/h1-12,19-20,32H,13-18H2,(H2,30,31). The van der Waals surface area contributed by atoms with E-state index in [9.17, 15) is 0 Å².